The fourth-order valence-electron chi connectivity index (χ4n) is 2.24. The molecule has 0 spiro atoms. The zero-order valence-corrected chi connectivity index (χ0v) is 13.2. The van der Waals surface area contributed by atoms with Crippen molar-refractivity contribution in [1.29, 1.82) is 0 Å². The molecule has 1 aromatic heterocycles. The molecule has 0 aliphatic carbocycles. The number of rotatable bonds is 8. The second kappa shape index (κ2) is 8.09. The summed E-state index contributed by atoms with van der Waals surface area (Å²) in [5.74, 6) is -0.770. The van der Waals surface area contributed by atoms with Gasteiger partial charge in [0.15, 0.2) is 0 Å². The monoisotopic (exact) mass is 334 g/mol. The van der Waals surface area contributed by atoms with Gasteiger partial charge in [-0.15, -0.1) is 0 Å². The molecule has 8 nitrogen and oxygen atoms in total. The summed E-state index contributed by atoms with van der Waals surface area (Å²) in [7, 11) is 0. The number of carbonyl (C=O) groups is 2. The Kier molecular flexibility index (Phi) is 5.89. The van der Waals surface area contributed by atoms with Gasteiger partial charge in [-0.3, -0.25) is 14.9 Å². The SMILES string of the molecule is CCOC(=O)CCCCOC(=O)c1c[nH]c2cc([N+](=O)[O-])ccc12. The Morgan fingerprint density at radius 3 is 2.75 bits per heavy atom. The molecule has 2 rings (SSSR count). The van der Waals surface area contributed by atoms with Crippen molar-refractivity contribution in [3.8, 4) is 0 Å². The number of unbranched alkanes of at least 4 members (excludes halogenated alkanes) is 1. The maximum absolute atomic E-state index is 12.1. The summed E-state index contributed by atoms with van der Waals surface area (Å²) >= 11 is 0. The number of non-ortho nitro benzene ring substituents is 1. The van der Waals surface area contributed by atoms with E-state index in [0.717, 1.165) is 0 Å². The van der Waals surface area contributed by atoms with Crippen molar-refractivity contribution in [1.82, 2.24) is 4.98 Å². The van der Waals surface area contributed by atoms with Gasteiger partial charge in [0.05, 0.1) is 29.2 Å². The van der Waals surface area contributed by atoms with Crippen LogP contribution in [0.1, 0.15) is 36.5 Å². The normalized spacial score (nSPS) is 10.5. The molecule has 24 heavy (non-hydrogen) atoms. The first-order chi connectivity index (χ1) is 11.5. The number of hydrogen-bond acceptors (Lipinski definition) is 6. The van der Waals surface area contributed by atoms with Crippen LogP contribution in [0, 0.1) is 10.1 Å². The largest absolute Gasteiger partial charge is 0.466 e. The van der Waals surface area contributed by atoms with E-state index in [1.54, 1.807) is 6.92 Å². The molecule has 8 heteroatoms. The van der Waals surface area contributed by atoms with Crippen LogP contribution in [-0.2, 0) is 14.3 Å². The first-order valence-corrected chi connectivity index (χ1v) is 7.61. The number of nitrogens with one attached hydrogen (secondary N) is 1. The van der Waals surface area contributed by atoms with Crippen molar-refractivity contribution in [3.05, 3.63) is 40.1 Å². The number of hydrogen-bond donors (Lipinski definition) is 1. The molecule has 0 radical (unpaired) electrons. The predicted octanol–water partition coefficient (Wildman–Crippen LogP) is 2.97. The number of ether oxygens (including phenoxy) is 2. The molecule has 0 saturated heterocycles. The van der Waals surface area contributed by atoms with E-state index < -0.39 is 10.9 Å². The lowest BCUT2D eigenvalue weighted by molar-refractivity contribution is -0.384. The first-order valence-electron chi connectivity index (χ1n) is 7.61. The summed E-state index contributed by atoms with van der Waals surface area (Å²) in [6.07, 6.45) is 2.89. The van der Waals surface area contributed by atoms with Crippen molar-refractivity contribution in [2.45, 2.75) is 26.2 Å². The van der Waals surface area contributed by atoms with Gasteiger partial charge < -0.3 is 14.5 Å². The van der Waals surface area contributed by atoms with E-state index >= 15 is 0 Å². The van der Waals surface area contributed by atoms with Crippen LogP contribution in [-0.4, -0.2) is 35.1 Å². The number of nitrogens with zero attached hydrogens (tertiary/aromatic N) is 1. The van der Waals surface area contributed by atoms with Crippen molar-refractivity contribution >= 4 is 28.5 Å². The molecule has 0 fully saturated rings. The maximum atomic E-state index is 12.1. The lowest BCUT2D eigenvalue weighted by atomic mass is 10.1. The third-order valence-corrected chi connectivity index (χ3v) is 3.41. The molecule has 0 amide bonds. The van der Waals surface area contributed by atoms with Crippen LogP contribution in [0.4, 0.5) is 5.69 Å². The lowest BCUT2D eigenvalue weighted by Gasteiger charge is -2.04. The topological polar surface area (TPSA) is 112 Å². The van der Waals surface area contributed by atoms with Crippen LogP contribution in [0.15, 0.2) is 24.4 Å². The average Bonchev–Trinajstić information content (AvgIpc) is 2.97. The molecular weight excluding hydrogens is 316 g/mol. The van der Waals surface area contributed by atoms with E-state index in [2.05, 4.69) is 4.98 Å². The summed E-state index contributed by atoms with van der Waals surface area (Å²) < 4.78 is 9.97. The minimum absolute atomic E-state index is 0.0526. The molecule has 0 atom stereocenters. The highest BCUT2D eigenvalue weighted by Crippen LogP contribution is 2.23. The van der Waals surface area contributed by atoms with E-state index in [-0.39, 0.29) is 18.3 Å². The minimum atomic E-state index is -0.508. The van der Waals surface area contributed by atoms with E-state index in [4.69, 9.17) is 9.47 Å². The van der Waals surface area contributed by atoms with Gasteiger partial charge in [0.25, 0.3) is 5.69 Å². The third kappa shape index (κ3) is 4.31. The average molecular weight is 334 g/mol. The number of esters is 2. The molecule has 2 aromatic rings. The zero-order chi connectivity index (χ0) is 17.5. The molecule has 0 unspecified atom stereocenters. The number of nitro benzene ring substituents is 1. The Balaban J connectivity index is 1.88. The van der Waals surface area contributed by atoms with Crippen molar-refractivity contribution < 1.29 is 24.0 Å². The number of carbonyl (C=O) groups excluding carboxylic acids is 2. The highest BCUT2D eigenvalue weighted by molar-refractivity contribution is 6.04. The molecule has 0 aliphatic rings. The number of aromatic nitrogens is 1. The number of nitro groups is 1. The summed E-state index contributed by atoms with van der Waals surface area (Å²) in [5, 5.41) is 11.3. The van der Waals surface area contributed by atoms with Crippen LogP contribution in [0.25, 0.3) is 10.9 Å². The molecule has 128 valence electrons. The van der Waals surface area contributed by atoms with Gasteiger partial charge in [0.2, 0.25) is 0 Å². The Hall–Kier alpha value is -2.90. The summed E-state index contributed by atoms with van der Waals surface area (Å²) in [5.41, 5.74) is 0.770. The summed E-state index contributed by atoms with van der Waals surface area (Å²) in [6, 6.07) is 4.22. The van der Waals surface area contributed by atoms with Crippen molar-refractivity contribution in [2.24, 2.45) is 0 Å². The highest BCUT2D eigenvalue weighted by Gasteiger charge is 2.16. The van der Waals surface area contributed by atoms with Crippen LogP contribution < -0.4 is 0 Å². The van der Waals surface area contributed by atoms with Gasteiger partial charge in [0.1, 0.15) is 0 Å². The van der Waals surface area contributed by atoms with E-state index in [1.165, 1.54) is 24.4 Å². The van der Waals surface area contributed by atoms with Gasteiger partial charge in [-0.2, -0.15) is 0 Å². The number of aromatic amines is 1. The van der Waals surface area contributed by atoms with Gasteiger partial charge in [0, 0.05) is 30.1 Å². The zero-order valence-electron chi connectivity index (χ0n) is 13.2. The number of fused-ring (bicyclic) bond motifs is 1. The molecule has 0 bridgehead atoms. The number of benzene rings is 1. The Bertz CT molecular complexity index is 752. The quantitative estimate of drug-likeness (QED) is 0.344. The van der Waals surface area contributed by atoms with Crippen molar-refractivity contribution in [2.75, 3.05) is 13.2 Å². The van der Waals surface area contributed by atoms with Crippen LogP contribution in [0.3, 0.4) is 0 Å². The molecule has 1 heterocycles. The maximum Gasteiger partial charge on any atom is 0.340 e. The fraction of sp³-hybridized carbons (Fsp3) is 0.375. The Morgan fingerprint density at radius 2 is 2.04 bits per heavy atom. The Labute approximate surface area is 137 Å². The van der Waals surface area contributed by atoms with Gasteiger partial charge in [-0.1, -0.05) is 0 Å². The second-order valence-electron chi connectivity index (χ2n) is 5.09. The minimum Gasteiger partial charge on any atom is -0.466 e. The molecule has 0 aliphatic heterocycles. The van der Waals surface area contributed by atoms with Crippen LogP contribution in [0.5, 0.6) is 0 Å². The van der Waals surface area contributed by atoms with E-state index in [1.807, 2.05) is 0 Å². The first kappa shape index (κ1) is 17.5. The van der Waals surface area contributed by atoms with Gasteiger partial charge >= 0.3 is 11.9 Å². The van der Waals surface area contributed by atoms with Crippen LogP contribution in [0.2, 0.25) is 0 Å². The third-order valence-electron chi connectivity index (χ3n) is 3.41. The lowest BCUT2D eigenvalue weighted by Crippen LogP contribution is -2.07. The van der Waals surface area contributed by atoms with Gasteiger partial charge in [-0.05, 0) is 25.8 Å². The molecular formula is C16H18N2O6. The smallest absolute Gasteiger partial charge is 0.340 e. The molecule has 0 saturated carbocycles. The van der Waals surface area contributed by atoms with Crippen LogP contribution >= 0.6 is 0 Å². The summed E-state index contributed by atoms with van der Waals surface area (Å²) in [6.45, 7) is 2.29. The number of H-pyrrole nitrogens is 1. The molecule has 1 aromatic carbocycles. The highest BCUT2D eigenvalue weighted by atomic mass is 16.6. The molecule has 1 N–H and O–H groups in total. The fourth-order valence-corrected chi connectivity index (χ4v) is 2.24. The standard InChI is InChI=1S/C16H18N2O6/c1-2-23-15(19)5-3-4-8-24-16(20)13-10-17-14-9-11(18(21)22)6-7-12(13)14/h6-7,9-10,17H,2-5,8H2,1H3. The van der Waals surface area contributed by atoms with Gasteiger partial charge in [-0.25, -0.2) is 4.79 Å². The Morgan fingerprint density at radius 1 is 1.25 bits per heavy atom. The van der Waals surface area contributed by atoms with E-state index in [0.29, 0.717) is 42.3 Å². The van der Waals surface area contributed by atoms with Crippen molar-refractivity contribution in [3.63, 3.8) is 0 Å². The van der Waals surface area contributed by atoms with E-state index in [9.17, 15) is 19.7 Å². The second-order valence-corrected chi connectivity index (χ2v) is 5.09. The summed E-state index contributed by atoms with van der Waals surface area (Å²) in [4.78, 5) is 36.3. The predicted molar refractivity (Wildman–Crippen MR) is 85.7 cm³/mol.